The first-order valence-electron chi connectivity index (χ1n) is 7.29. The third kappa shape index (κ3) is 3.05. The number of nitrogens with zero attached hydrogens (tertiary/aromatic N) is 1. The van der Waals surface area contributed by atoms with E-state index in [1.54, 1.807) is 6.26 Å². The summed E-state index contributed by atoms with van der Waals surface area (Å²) in [6.45, 7) is 3.85. The Hall–Kier alpha value is -1.74. The molecule has 3 rings (SSSR count). The standard InChI is InChI=1S/C17H22N2O/c1-13-15(9-10-20-13)12-19(2)17-6-4-3-5-14(17)11-18-16-7-8-16/h3-6,9-10,16,18H,7-8,11-12H2,1-2H3. The van der Waals surface area contributed by atoms with E-state index < -0.39 is 0 Å². The van der Waals surface area contributed by atoms with Crippen molar-refractivity contribution in [1.82, 2.24) is 5.32 Å². The molecule has 20 heavy (non-hydrogen) atoms. The highest BCUT2D eigenvalue weighted by atomic mass is 16.3. The summed E-state index contributed by atoms with van der Waals surface area (Å²) in [6.07, 6.45) is 4.41. The Labute approximate surface area is 120 Å². The lowest BCUT2D eigenvalue weighted by Crippen LogP contribution is -2.21. The first-order valence-corrected chi connectivity index (χ1v) is 7.29. The normalized spacial score (nSPS) is 14.5. The van der Waals surface area contributed by atoms with E-state index in [4.69, 9.17) is 4.42 Å². The monoisotopic (exact) mass is 270 g/mol. The van der Waals surface area contributed by atoms with Gasteiger partial charge in [-0.2, -0.15) is 0 Å². The predicted octanol–water partition coefficient (Wildman–Crippen LogP) is 3.48. The molecule has 0 saturated heterocycles. The summed E-state index contributed by atoms with van der Waals surface area (Å²) in [7, 11) is 2.14. The van der Waals surface area contributed by atoms with Crippen molar-refractivity contribution in [3.8, 4) is 0 Å². The summed E-state index contributed by atoms with van der Waals surface area (Å²) in [5, 5.41) is 3.59. The van der Waals surface area contributed by atoms with Crippen LogP contribution >= 0.6 is 0 Å². The molecule has 2 aromatic rings. The van der Waals surface area contributed by atoms with Gasteiger partial charge in [0.25, 0.3) is 0 Å². The van der Waals surface area contributed by atoms with Crippen molar-refractivity contribution in [2.24, 2.45) is 0 Å². The van der Waals surface area contributed by atoms with Crippen LogP contribution in [0.4, 0.5) is 5.69 Å². The smallest absolute Gasteiger partial charge is 0.105 e. The van der Waals surface area contributed by atoms with E-state index >= 15 is 0 Å². The Balaban J connectivity index is 1.72. The molecule has 0 spiro atoms. The van der Waals surface area contributed by atoms with Crippen LogP contribution < -0.4 is 10.2 Å². The Morgan fingerprint density at radius 1 is 1.20 bits per heavy atom. The Kier molecular flexibility index (Phi) is 3.79. The van der Waals surface area contributed by atoms with Gasteiger partial charge in [0.2, 0.25) is 0 Å². The SMILES string of the molecule is Cc1occc1CN(C)c1ccccc1CNC1CC1. The molecule has 1 aromatic carbocycles. The highest BCUT2D eigenvalue weighted by Gasteiger charge is 2.20. The number of anilines is 1. The lowest BCUT2D eigenvalue weighted by molar-refractivity contribution is 0.529. The summed E-state index contributed by atoms with van der Waals surface area (Å²) < 4.78 is 5.38. The largest absolute Gasteiger partial charge is 0.469 e. The molecule has 1 fully saturated rings. The van der Waals surface area contributed by atoms with Gasteiger partial charge in [-0.15, -0.1) is 0 Å². The average molecular weight is 270 g/mol. The first-order chi connectivity index (χ1) is 9.74. The van der Waals surface area contributed by atoms with Gasteiger partial charge < -0.3 is 14.6 Å². The maximum absolute atomic E-state index is 5.38. The van der Waals surface area contributed by atoms with E-state index in [2.05, 4.69) is 47.6 Å². The molecule has 1 aliphatic carbocycles. The van der Waals surface area contributed by atoms with Crippen molar-refractivity contribution >= 4 is 5.69 Å². The van der Waals surface area contributed by atoms with Crippen molar-refractivity contribution in [2.75, 3.05) is 11.9 Å². The summed E-state index contributed by atoms with van der Waals surface area (Å²) in [5.74, 6) is 1.01. The summed E-state index contributed by atoms with van der Waals surface area (Å²) in [5.41, 5.74) is 3.90. The molecule has 0 radical (unpaired) electrons. The van der Waals surface area contributed by atoms with Crippen LogP contribution in [0.25, 0.3) is 0 Å². The summed E-state index contributed by atoms with van der Waals surface area (Å²) in [4.78, 5) is 2.29. The molecule has 1 aliphatic rings. The average Bonchev–Trinajstić information content (AvgIpc) is 3.21. The predicted molar refractivity (Wildman–Crippen MR) is 81.9 cm³/mol. The second-order valence-electron chi connectivity index (χ2n) is 5.64. The first kappa shape index (κ1) is 13.3. The molecular weight excluding hydrogens is 248 g/mol. The zero-order valence-corrected chi connectivity index (χ0v) is 12.2. The van der Waals surface area contributed by atoms with Crippen LogP contribution in [0, 0.1) is 6.92 Å². The Morgan fingerprint density at radius 2 is 2.00 bits per heavy atom. The fourth-order valence-electron chi connectivity index (χ4n) is 2.49. The molecule has 0 aliphatic heterocycles. The van der Waals surface area contributed by atoms with Crippen LogP contribution in [0.1, 0.15) is 29.7 Å². The minimum Gasteiger partial charge on any atom is -0.469 e. The number of para-hydroxylation sites is 1. The van der Waals surface area contributed by atoms with Gasteiger partial charge in [-0.1, -0.05) is 18.2 Å². The van der Waals surface area contributed by atoms with Gasteiger partial charge in [-0.25, -0.2) is 0 Å². The molecule has 0 unspecified atom stereocenters. The van der Waals surface area contributed by atoms with Crippen LogP contribution in [0.15, 0.2) is 41.0 Å². The Morgan fingerprint density at radius 3 is 2.70 bits per heavy atom. The lowest BCUT2D eigenvalue weighted by Gasteiger charge is -2.22. The van der Waals surface area contributed by atoms with Crippen LogP contribution in [-0.4, -0.2) is 13.1 Å². The second-order valence-corrected chi connectivity index (χ2v) is 5.64. The number of hydrogen-bond donors (Lipinski definition) is 1. The highest BCUT2D eigenvalue weighted by Crippen LogP contribution is 2.24. The molecule has 106 valence electrons. The van der Waals surface area contributed by atoms with Crippen LogP contribution in [0.5, 0.6) is 0 Å². The topological polar surface area (TPSA) is 28.4 Å². The van der Waals surface area contributed by atoms with E-state index in [0.29, 0.717) is 0 Å². The lowest BCUT2D eigenvalue weighted by atomic mass is 10.1. The number of rotatable bonds is 6. The minimum absolute atomic E-state index is 0.740. The number of benzene rings is 1. The van der Waals surface area contributed by atoms with Gasteiger partial charge in [0.15, 0.2) is 0 Å². The maximum atomic E-state index is 5.38. The highest BCUT2D eigenvalue weighted by molar-refractivity contribution is 5.53. The molecular formula is C17H22N2O. The number of aryl methyl sites for hydroxylation is 1. The molecule has 0 atom stereocenters. The molecule has 1 N–H and O–H groups in total. The second kappa shape index (κ2) is 5.71. The maximum Gasteiger partial charge on any atom is 0.105 e. The summed E-state index contributed by atoms with van der Waals surface area (Å²) >= 11 is 0. The van der Waals surface area contributed by atoms with E-state index in [1.807, 2.05) is 6.92 Å². The van der Waals surface area contributed by atoms with E-state index in [9.17, 15) is 0 Å². The number of nitrogens with one attached hydrogen (secondary N) is 1. The number of furan rings is 1. The molecule has 3 nitrogen and oxygen atoms in total. The van der Waals surface area contributed by atoms with Gasteiger partial charge >= 0.3 is 0 Å². The quantitative estimate of drug-likeness (QED) is 0.871. The van der Waals surface area contributed by atoms with Crippen molar-refractivity contribution in [3.05, 3.63) is 53.5 Å². The van der Waals surface area contributed by atoms with Gasteiger partial charge in [-0.3, -0.25) is 0 Å². The van der Waals surface area contributed by atoms with Gasteiger partial charge in [-0.05, 0) is 37.5 Å². The third-order valence-electron chi connectivity index (χ3n) is 3.94. The molecule has 3 heteroatoms. The molecule has 1 heterocycles. The summed E-state index contributed by atoms with van der Waals surface area (Å²) in [6, 6.07) is 11.4. The van der Waals surface area contributed by atoms with Gasteiger partial charge in [0, 0.05) is 37.4 Å². The van der Waals surface area contributed by atoms with Crippen LogP contribution in [0.2, 0.25) is 0 Å². The van der Waals surface area contributed by atoms with Crippen molar-refractivity contribution < 1.29 is 4.42 Å². The zero-order chi connectivity index (χ0) is 13.9. The fraction of sp³-hybridized carbons (Fsp3) is 0.412. The van der Waals surface area contributed by atoms with Crippen LogP contribution in [-0.2, 0) is 13.1 Å². The van der Waals surface area contributed by atoms with Crippen molar-refractivity contribution in [3.63, 3.8) is 0 Å². The molecule has 0 bridgehead atoms. The van der Waals surface area contributed by atoms with Gasteiger partial charge in [0.1, 0.15) is 5.76 Å². The van der Waals surface area contributed by atoms with Gasteiger partial charge in [0.05, 0.1) is 6.26 Å². The Bertz CT molecular complexity index is 572. The van der Waals surface area contributed by atoms with Crippen molar-refractivity contribution in [1.29, 1.82) is 0 Å². The van der Waals surface area contributed by atoms with E-state index in [0.717, 1.165) is 24.9 Å². The molecule has 1 saturated carbocycles. The minimum atomic E-state index is 0.740. The number of hydrogen-bond acceptors (Lipinski definition) is 3. The van der Waals surface area contributed by atoms with Crippen LogP contribution in [0.3, 0.4) is 0 Å². The molecule has 1 aromatic heterocycles. The zero-order valence-electron chi connectivity index (χ0n) is 12.2. The fourth-order valence-corrected chi connectivity index (χ4v) is 2.49. The molecule has 0 amide bonds. The van der Waals surface area contributed by atoms with Crippen molar-refractivity contribution in [2.45, 2.75) is 38.9 Å². The third-order valence-corrected chi connectivity index (χ3v) is 3.94. The van der Waals surface area contributed by atoms with E-state index in [1.165, 1.54) is 29.7 Å². The van der Waals surface area contributed by atoms with E-state index in [-0.39, 0.29) is 0 Å².